The van der Waals surface area contributed by atoms with Gasteiger partial charge in [0, 0.05) is 24.1 Å². The molecule has 2 heterocycles. The molecule has 2 amide bonds. The molecule has 1 aromatic heterocycles. The number of fused-ring (bicyclic) bond motifs is 1. The fourth-order valence-corrected chi connectivity index (χ4v) is 5.45. The quantitative estimate of drug-likeness (QED) is 0.669. The Balaban J connectivity index is 1.38. The van der Waals surface area contributed by atoms with Crippen LogP contribution in [0.15, 0.2) is 41.6 Å². The smallest absolute Gasteiger partial charge is 0.254 e. The number of aromatic nitrogens is 1. The van der Waals surface area contributed by atoms with Gasteiger partial charge in [-0.15, -0.1) is 0 Å². The van der Waals surface area contributed by atoms with E-state index >= 15 is 0 Å². The van der Waals surface area contributed by atoms with Crippen LogP contribution in [0.2, 0.25) is 5.02 Å². The second-order valence-electron chi connectivity index (χ2n) is 9.18. The third kappa shape index (κ3) is 4.36. The topological polar surface area (TPSA) is 96.4 Å². The maximum Gasteiger partial charge on any atom is 0.254 e. The number of nitrogens with zero attached hydrogens (tertiary/aromatic N) is 2. The van der Waals surface area contributed by atoms with E-state index in [1.165, 1.54) is 30.5 Å². The Bertz CT molecular complexity index is 1250. The molecular formula is C23H23ClFN3O4S. The number of benzene rings is 1. The number of sulfone groups is 1. The highest BCUT2D eigenvalue weighted by atomic mass is 35.5. The summed E-state index contributed by atoms with van der Waals surface area (Å²) in [7, 11) is -3.57. The average Bonchev–Trinajstić information content (AvgIpc) is 3.71. The number of carbonyl (C=O) groups excluding carboxylic acids is 2. The third-order valence-electron chi connectivity index (χ3n) is 6.70. The van der Waals surface area contributed by atoms with E-state index in [-0.39, 0.29) is 51.3 Å². The Morgan fingerprint density at radius 2 is 1.97 bits per heavy atom. The van der Waals surface area contributed by atoms with Crippen molar-refractivity contribution in [2.24, 2.45) is 11.8 Å². The predicted molar refractivity (Wildman–Crippen MR) is 119 cm³/mol. The van der Waals surface area contributed by atoms with Crippen LogP contribution in [0, 0.1) is 17.7 Å². The second kappa shape index (κ2) is 8.06. The first-order valence-corrected chi connectivity index (χ1v) is 13.1. The minimum absolute atomic E-state index is 0.0260. The zero-order chi connectivity index (χ0) is 23.5. The van der Waals surface area contributed by atoms with Crippen LogP contribution >= 0.6 is 11.6 Å². The van der Waals surface area contributed by atoms with Crippen LogP contribution in [-0.2, 0) is 14.6 Å². The van der Waals surface area contributed by atoms with Gasteiger partial charge in [0.05, 0.1) is 11.1 Å². The van der Waals surface area contributed by atoms with Crippen molar-refractivity contribution in [3.05, 3.63) is 58.5 Å². The van der Waals surface area contributed by atoms with Gasteiger partial charge in [-0.3, -0.25) is 9.59 Å². The molecule has 7 nitrogen and oxygen atoms in total. The lowest BCUT2D eigenvalue weighted by Gasteiger charge is -2.29. The maximum atomic E-state index is 14.0. The Morgan fingerprint density at radius 1 is 1.21 bits per heavy atom. The summed E-state index contributed by atoms with van der Waals surface area (Å²) < 4.78 is 37.8. The van der Waals surface area contributed by atoms with E-state index in [0.29, 0.717) is 12.0 Å². The van der Waals surface area contributed by atoms with Crippen LogP contribution < -0.4 is 5.32 Å². The number of rotatable bonds is 6. The van der Waals surface area contributed by atoms with Gasteiger partial charge in [0.25, 0.3) is 5.91 Å². The number of hydrogen-bond acceptors (Lipinski definition) is 5. The summed E-state index contributed by atoms with van der Waals surface area (Å²) in [6.45, 7) is 0. The lowest BCUT2D eigenvalue weighted by Crippen LogP contribution is -2.49. The molecule has 1 saturated heterocycles. The third-order valence-corrected chi connectivity index (χ3v) is 7.99. The lowest BCUT2D eigenvalue weighted by atomic mass is 10.0. The van der Waals surface area contributed by atoms with E-state index in [1.54, 1.807) is 11.0 Å². The summed E-state index contributed by atoms with van der Waals surface area (Å²) in [5.74, 6) is -0.721. The molecule has 5 rings (SSSR count). The van der Waals surface area contributed by atoms with Crippen LogP contribution in [-0.4, -0.2) is 48.5 Å². The van der Waals surface area contributed by atoms with Crippen LogP contribution in [0.5, 0.6) is 0 Å². The second-order valence-corrected chi connectivity index (χ2v) is 11.5. The van der Waals surface area contributed by atoms with Crippen molar-refractivity contribution >= 4 is 33.3 Å². The number of nitrogens with one attached hydrogen (secondary N) is 1. The standard InChI is InChI=1S/C23H23ClFN3O4S/c1-33(31,32)20-11-14(6-7-26-20)23(30)28-18-9-15(18)10-19(28)22(29)27-21(12-2-3-12)13-4-5-16(24)17(25)8-13/h4-8,11-12,15,18-19,21H,2-3,9-10H2,1H3,(H,27,29)/t15?,18-,19-,21-/m1/s1. The first kappa shape index (κ1) is 22.3. The van der Waals surface area contributed by atoms with Crippen molar-refractivity contribution < 1.29 is 22.4 Å². The van der Waals surface area contributed by atoms with Crippen molar-refractivity contribution in [2.75, 3.05) is 6.26 Å². The van der Waals surface area contributed by atoms with Crippen molar-refractivity contribution in [3.63, 3.8) is 0 Å². The molecule has 2 saturated carbocycles. The number of piperidine rings is 1. The van der Waals surface area contributed by atoms with E-state index in [4.69, 9.17) is 11.6 Å². The fraction of sp³-hybridized carbons (Fsp3) is 0.435. The number of likely N-dealkylation sites (tertiary alicyclic amines) is 1. The first-order valence-electron chi connectivity index (χ1n) is 10.9. The molecule has 33 heavy (non-hydrogen) atoms. The number of carbonyl (C=O) groups is 2. The van der Waals surface area contributed by atoms with Gasteiger partial charge in [0.15, 0.2) is 14.9 Å². The molecular weight excluding hydrogens is 469 g/mol. The van der Waals surface area contributed by atoms with Crippen molar-refractivity contribution in [1.82, 2.24) is 15.2 Å². The summed E-state index contributed by atoms with van der Waals surface area (Å²) in [5.41, 5.74) is 0.843. The molecule has 2 aromatic rings. The fourth-order valence-electron chi connectivity index (χ4n) is 4.74. The summed E-state index contributed by atoms with van der Waals surface area (Å²) >= 11 is 5.81. The molecule has 3 aliphatic rings. The minimum Gasteiger partial charge on any atom is -0.347 e. The average molecular weight is 492 g/mol. The van der Waals surface area contributed by atoms with E-state index < -0.39 is 21.7 Å². The molecule has 0 spiro atoms. The van der Waals surface area contributed by atoms with Gasteiger partial charge >= 0.3 is 0 Å². The van der Waals surface area contributed by atoms with Crippen LogP contribution in [0.25, 0.3) is 0 Å². The number of pyridine rings is 1. The van der Waals surface area contributed by atoms with Gasteiger partial charge in [-0.2, -0.15) is 0 Å². The highest BCUT2D eigenvalue weighted by Gasteiger charge is 2.56. The Morgan fingerprint density at radius 3 is 2.64 bits per heavy atom. The van der Waals surface area contributed by atoms with E-state index in [9.17, 15) is 22.4 Å². The first-order chi connectivity index (χ1) is 15.6. The summed E-state index contributed by atoms with van der Waals surface area (Å²) in [5, 5.41) is 2.89. The van der Waals surface area contributed by atoms with Gasteiger partial charge in [0.1, 0.15) is 11.9 Å². The lowest BCUT2D eigenvalue weighted by molar-refractivity contribution is -0.126. The molecule has 0 radical (unpaired) electrons. The number of amides is 2. The number of hydrogen-bond donors (Lipinski definition) is 1. The molecule has 4 atom stereocenters. The zero-order valence-electron chi connectivity index (χ0n) is 17.9. The van der Waals surface area contributed by atoms with E-state index in [1.807, 2.05) is 0 Å². The SMILES string of the molecule is CS(=O)(=O)c1cc(C(=O)N2[C@@H](C(=O)N[C@@H](c3ccc(Cl)c(F)c3)C3CC3)CC3C[C@H]32)ccn1. The zero-order valence-corrected chi connectivity index (χ0v) is 19.4. The normalized spacial score (nSPS) is 24.8. The van der Waals surface area contributed by atoms with Gasteiger partial charge in [-0.1, -0.05) is 17.7 Å². The Kier molecular flexibility index (Phi) is 5.44. The Labute approximate surface area is 196 Å². The summed E-state index contributed by atoms with van der Waals surface area (Å²) in [6.07, 6.45) is 5.56. The van der Waals surface area contributed by atoms with Crippen LogP contribution in [0.3, 0.4) is 0 Å². The highest BCUT2D eigenvalue weighted by Crippen LogP contribution is 2.49. The van der Waals surface area contributed by atoms with Gasteiger partial charge in [-0.25, -0.2) is 17.8 Å². The van der Waals surface area contributed by atoms with Crippen LogP contribution in [0.1, 0.15) is 47.6 Å². The molecule has 10 heteroatoms. The van der Waals surface area contributed by atoms with E-state index in [2.05, 4.69) is 10.3 Å². The maximum absolute atomic E-state index is 14.0. The molecule has 1 N–H and O–H groups in total. The minimum atomic E-state index is -3.57. The van der Waals surface area contributed by atoms with Crippen LogP contribution in [0.4, 0.5) is 4.39 Å². The van der Waals surface area contributed by atoms with Gasteiger partial charge < -0.3 is 10.2 Å². The molecule has 174 valence electrons. The van der Waals surface area contributed by atoms with Crippen molar-refractivity contribution in [2.45, 2.75) is 48.8 Å². The molecule has 1 unspecified atom stereocenters. The van der Waals surface area contributed by atoms with Crippen molar-refractivity contribution in [1.29, 1.82) is 0 Å². The molecule has 2 aliphatic carbocycles. The molecule has 3 fully saturated rings. The molecule has 1 aliphatic heterocycles. The summed E-state index contributed by atoms with van der Waals surface area (Å²) in [4.78, 5) is 32.1. The van der Waals surface area contributed by atoms with Crippen molar-refractivity contribution in [3.8, 4) is 0 Å². The monoisotopic (exact) mass is 491 g/mol. The molecule has 1 aromatic carbocycles. The molecule has 0 bridgehead atoms. The largest absolute Gasteiger partial charge is 0.347 e. The van der Waals surface area contributed by atoms with E-state index in [0.717, 1.165) is 25.5 Å². The number of halogens is 2. The summed E-state index contributed by atoms with van der Waals surface area (Å²) in [6, 6.07) is 6.23. The highest BCUT2D eigenvalue weighted by molar-refractivity contribution is 7.90. The van der Waals surface area contributed by atoms with Gasteiger partial charge in [0.2, 0.25) is 5.91 Å². The van der Waals surface area contributed by atoms with Gasteiger partial charge in [-0.05, 0) is 67.3 Å². The predicted octanol–water partition coefficient (Wildman–Crippen LogP) is 3.15. The Hall–Kier alpha value is -2.52.